The molecule has 0 radical (unpaired) electrons. The highest BCUT2D eigenvalue weighted by Crippen LogP contribution is 2.00. The minimum absolute atomic E-state index is 0.0589. The van der Waals surface area contributed by atoms with Crippen molar-refractivity contribution in [3.05, 3.63) is 48.0 Å². The van der Waals surface area contributed by atoms with E-state index in [1.54, 1.807) is 0 Å². The van der Waals surface area contributed by atoms with Crippen molar-refractivity contribution >= 4 is 5.91 Å². The molecule has 0 spiro atoms. The van der Waals surface area contributed by atoms with E-state index in [1.165, 1.54) is 0 Å². The van der Waals surface area contributed by atoms with Gasteiger partial charge in [0.05, 0.1) is 0 Å². The van der Waals surface area contributed by atoms with Crippen LogP contribution in [0.3, 0.4) is 0 Å². The van der Waals surface area contributed by atoms with Crippen LogP contribution < -0.4 is 5.32 Å². The maximum absolute atomic E-state index is 11.3. The van der Waals surface area contributed by atoms with Crippen molar-refractivity contribution in [2.75, 3.05) is 0 Å². The van der Waals surface area contributed by atoms with Crippen LogP contribution in [0.15, 0.2) is 42.5 Å². The minimum atomic E-state index is -0.0589. The molecule has 0 bridgehead atoms. The van der Waals surface area contributed by atoms with Gasteiger partial charge in [-0.25, -0.2) is 0 Å². The second-order valence-corrected chi connectivity index (χ2v) is 3.13. The van der Waals surface area contributed by atoms with Crippen molar-refractivity contribution in [1.29, 1.82) is 0 Å². The molecule has 74 valence electrons. The van der Waals surface area contributed by atoms with Crippen LogP contribution in [0.2, 0.25) is 0 Å². The number of carbonyl (C=O) groups is 1. The third kappa shape index (κ3) is 3.05. The summed E-state index contributed by atoms with van der Waals surface area (Å²) in [7, 11) is 0. The second kappa shape index (κ2) is 5.22. The molecule has 14 heavy (non-hydrogen) atoms. The maximum Gasteiger partial charge on any atom is 0.246 e. The van der Waals surface area contributed by atoms with E-state index in [4.69, 9.17) is 0 Å². The summed E-state index contributed by atoms with van der Waals surface area (Å²) in [5, 5.41) is 2.81. The van der Waals surface area contributed by atoms with E-state index in [9.17, 15) is 4.79 Å². The summed E-state index contributed by atoms with van der Waals surface area (Å²) < 4.78 is 0. The lowest BCUT2D eigenvalue weighted by molar-refractivity contribution is -0.117. The molecular formula is C12H15NO. The monoisotopic (exact) mass is 189 g/mol. The Hall–Kier alpha value is -1.57. The minimum Gasteiger partial charge on any atom is -0.348 e. The average Bonchev–Trinajstić information content (AvgIpc) is 2.26. The molecule has 0 saturated carbocycles. The van der Waals surface area contributed by atoms with Crippen molar-refractivity contribution in [2.24, 2.45) is 0 Å². The Balaban J connectivity index is 2.42. The summed E-state index contributed by atoms with van der Waals surface area (Å²) >= 11 is 0. The van der Waals surface area contributed by atoms with Gasteiger partial charge in [0.25, 0.3) is 0 Å². The molecule has 0 aliphatic rings. The molecule has 0 unspecified atom stereocenters. The van der Waals surface area contributed by atoms with Gasteiger partial charge in [-0.2, -0.15) is 0 Å². The summed E-state index contributed by atoms with van der Waals surface area (Å²) in [6.45, 7) is 6.16. The van der Waals surface area contributed by atoms with E-state index in [0.29, 0.717) is 18.5 Å². The van der Waals surface area contributed by atoms with Crippen LogP contribution in [0.4, 0.5) is 0 Å². The van der Waals surface area contributed by atoms with Crippen LogP contribution in [0.1, 0.15) is 18.9 Å². The van der Waals surface area contributed by atoms with Gasteiger partial charge >= 0.3 is 0 Å². The highest BCUT2D eigenvalue weighted by atomic mass is 16.1. The number of hydrogen-bond donors (Lipinski definition) is 1. The largest absolute Gasteiger partial charge is 0.348 e. The number of nitrogens with one attached hydrogen (secondary N) is 1. The topological polar surface area (TPSA) is 29.1 Å². The first-order valence-electron chi connectivity index (χ1n) is 4.74. The fraction of sp³-hybridized carbons (Fsp3) is 0.250. The zero-order valence-electron chi connectivity index (χ0n) is 8.42. The number of rotatable bonds is 4. The van der Waals surface area contributed by atoms with Crippen LogP contribution in [-0.4, -0.2) is 5.91 Å². The number of benzene rings is 1. The summed E-state index contributed by atoms with van der Waals surface area (Å²) in [6.07, 6.45) is 0.695. The lowest BCUT2D eigenvalue weighted by Gasteiger charge is -2.05. The molecule has 1 rings (SSSR count). The van der Waals surface area contributed by atoms with Gasteiger partial charge in [0.2, 0.25) is 5.91 Å². The van der Waals surface area contributed by atoms with Gasteiger partial charge in [-0.1, -0.05) is 43.8 Å². The standard InChI is InChI=1S/C12H15NO/c1-3-10(2)12(14)13-9-11-7-5-4-6-8-11/h4-8H,2-3,9H2,1H3,(H,13,14). The van der Waals surface area contributed by atoms with Crippen LogP contribution >= 0.6 is 0 Å². The van der Waals surface area contributed by atoms with E-state index in [2.05, 4.69) is 11.9 Å². The molecule has 1 aromatic carbocycles. The first-order valence-corrected chi connectivity index (χ1v) is 4.74. The molecule has 1 aromatic rings. The van der Waals surface area contributed by atoms with Gasteiger partial charge in [0, 0.05) is 12.1 Å². The zero-order chi connectivity index (χ0) is 10.4. The maximum atomic E-state index is 11.3. The lowest BCUT2D eigenvalue weighted by atomic mass is 10.2. The van der Waals surface area contributed by atoms with Crippen LogP contribution in [0, 0.1) is 0 Å². The van der Waals surface area contributed by atoms with Crippen molar-refractivity contribution < 1.29 is 4.79 Å². The van der Waals surface area contributed by atoms with E-state index < -0.39 is 0 Å². The van der Waals surface area contributed by atoms with Gasteiger partial charge in [-0.05, 0) is 12.0 Å². The Labute approximate surface area is 84.6 Å². The van der Waals surface area contributed by atoms with E-state index in [1.807, 2.05) is 37.3 Å². The molecule has 2 nitrogen and oxygen atoms in total. The first-order chi connectivity index (χ1) is 6.74. The molecular weight excluding hydrogens is 174 g/mol. The SMILES string of the molecule is C=C(CC)C(=O)NCc1ccccc1. The highest BCUT2D eigenvalue weighted by Gasteiger charge is 2.02. The molecule has 0 aliphatic carbocycles. The summed E-state index contributed by atoms with van der Waals surface area (Å²) in [6, 6.07) is 9.83. The van der Waals surface area contributed by atoms with Gasteiger partial charge in [-0.3, -0.25) is 4.79 Å². The van der Waals surface area contributed by atoms with Gasteiger partial charge < -0.3 is 5.32 Å². The van der Waals surface area contributed by atoms with Gasteiger partial charge in [-0.15, -0.1) is 0 Å². The average molecular weight is 189 g/mol. The molecule has 1 amide bonds. The van der Waals surface area contributed by atoms with E-state index in [0.717, 1.165) is 5.56 Å². The van der Waals surface area contributed by atoms with Crippen molar-refractivity contribution in [1.82, 2.24) is 5.32 Å². The molecule has 0 fully saturated rings. The van der Waals surface area contributed by atoms with Gasteiger partial charge in [0.1, 0.15) is 0 Å². The van der Waals surface area contributed by atoms with Crippen molar-refractivity contribution in [2.45, 2.75) is 19.9 Å². The summed E-state index contributed by atoms with van der Waals surface area (Å²) in [4.78, 5) is 11.3. The second-order valence-electron chi connectivity index (χ2n) is 3.13. The molecule has 0 aromatic heterocycles. The number of carbonyl (C=O) groups excluding carboxylic acids is 1. The van der Waals surface area contributed by atoms with E-state index in [-0.39, 0.29) is 5.91 Å². The Morgan fingerprint density at radius 2 is 2.00 bits per heavy atom. The van der Waals surface area contributed by atoms with Gasteiger partial charge in [0.15, 0.2) is 0 Å². The number of amides is 1. The van der Waals surface area contributed by atoms with Crippen molar-refractivity contribution in [3.63, 3.8) is 0 Å². The quantitative estimate of drug-likeness (QED) is 0.723. The van der Waals surface area contributed by atoms with E-state index >= 15 is 0 Å². The molecule has 0 saturated heterocycles. The Kier molecular flexibility index (Phi) is 3.92. The normalized spacial score (nSPS) is 9.50. The Bertz CT molecular complexity index is 316. The summed E-state index contributed by atoms with van der Waals surface area (Å²) in [5.74, 6) is -0.0589. The molecule has 2 heteroatoms. The van der Waals surface area contributed by atoms with Crippen LogP contribution in [0.25, 0.3) is 0 Å². The predicted molar refractivity (Wildman–Crippen MR) is 57.7 cm³/mol. The van der Waals surface area contributed by atoms with Crippen LogP contribution in [0.5, 0.6) is 0 Å². The summed E-state index contributed by atoms with van der Waals surface area (Å²) in [5.41, 5.74) is 1.73. The molecule has 0 atom stereocenters. The fourth-order valence-corrected chi connectivity index (χ4v) is 1.06. The molecule has 0 heterocycles. The predicted octanol–water partition coefficient (Wildman–Crippen LogP) is 2.27. The highest BCUT2D eigenvalue weighted by molar-refractivity contribution is 5.92. The molecule has 0 aliphatic heterocycles. The Morgan fingerprint density at radius 3 is 2.57 bits per heavy atom. The van der Waals surface area contributed by atoms with Crippen LogP contribution in [-0.2, 0) is 11.3 Å². The molecule has 1 N–H and O–H groups in total. The number of hydrogen-bond acceptors (Lipinski definition) is 1. The third-order valence-electron chi connectivity index (χ3n) is 2.04. The third-order valence-corrected chi connectivity index (χ3v) is 2.04. The lowest BCUT2D eigenvalue weighted by Crippen LogP contribution is -2.23. The Morgan fingerprint density at radius 1 is 1.36 bits per heavy atom. The smallest absolute Gasteiger partial charge is 0.246 e. The first kappa shape index (κ1) is 10.5. The zero-order valence-corrected chi connectivity index (χ0v) is 8.42. The fourth-order valence-electron chi connectivity index (χ4n) is 1.06. The van der Waals surface area contributed by atoms with Crippen molar-refractivity contribution in [3.8, 4) is 0 Å².